The summed E-state index contributed by atoms with van der Waals surface area (Å²) in [6.07, 6.45) is -10.4. The van der Waals surface area contributed by atoms with Crippen molar-refractivity contribution in [3.05, 3.63) is 0 Å². The van der Waals surface area contributed by atoms with Crippen molar-refractivity contribution in [3.8, 4) is 0 Å². The van der Waals surface area contributed by atoms with Gasteiger partial charge in [0.1, 0.15) is 48.7 Å². The van der Waals surface area contributed by atoms with Gasteiger partial charge < -0.3 is 60.8 Å². The zero-order chi connectivity index (χ0) is 24.7. The first-order valence-corrected chi connectivity index (χ1v) is 10.7. The van der Waals surface area contributed by atoms with Crippen LogP contribution in [-0.4, -0.2) is 125 Å². The van der Waals surface area contributed by atoms with Gasteiger partial charge in [0.2, 0.25) is 11.8 Å². The Hall–Kier alpha value is -1.46. The minimum atomic E-state index is -1.58. The molecular weight excluding hydrogens is 446 g/mol. The van der Waals surface area contributed by atoms with Crippen molar-refractivity contribution in [1.29, 1.82) is 0 Å². The van der Waals surface area contributed by atoms with Crippen LogP contribution in [0.4, 0.5) is 0 Å². The van der Waals surface area contributed by atoms with Crippen LogP contribution in [0.5, 0.6) is 0 Å². The van der Waals surface area contributed by atoms with Gasteiger partial charge in [0.05, 0.1) is 19.8 Å². The number of aliphatic hydroxyl groups excluding tert-OH is 5. The number of carbonyl (C=O) groups is 2. The van der Waals surface area contributed by atoms with Crippen molar-refractivity contribution in [1.82, 2.24) is 10.6 Å². The Morgan fingerprint density at radius 3 is 1.97 bits per heavy atom. The molecule has 10 atom stereocenters. The number of hydrogen-bond donors (Lipinski definition) is 8. The predicted octanol–water partition coefficient (Wildman–Crippen LogP) is -4.74. The van der Waals surface area contributed by atoms with E-state index in [9.17, 15) is 35.1 Å². The van der Waals surface area contributed by atoms with Crippen molar-refractivity contribution in [2.45, 2.75) is 81.6 Å². The molecule has 2 aliphatic heterocycles. The Labute approximate surface area is 190 Å². The van der Waals surface area contributed by atoms with Crippen LogP contribution in [-0.2, 0) is 28.5 Å². The maximum Gasteiger partial charge on any atom is 0.217 e. The molecule has 14 heteroatoms. The molecule has 33 heavy (non-hydrogen) atoms. The molecule has 2 fully saturated rings. The quantitative estimate of drug-likeness (QED) is 0.138. The summed E-state index contributed by atoms with van der Waals surface area (Å²) >= 11 is 0. The number of ether oxygens (including phenoxy) is 4. The molecule has 0 saturated carbocycles. The number of hydrogen-bond acceptors (Lipinski definition) is 12. The lowest BCUT2D eigenvalue weighted by Gasteiger charge is -2.48. The third-order valence-electron chi connectivity index (χ3n) is 5.40. The third-order valence-corrected chi connectivity index (χ3v) is 5.40. The Morgan fingerprint density at radius 1 is 0.879 bits per heavy atom. The Morgan fingerprint density at radius 2 is 1.42 bits per heavy atom. The van der Waals surface area contributed by atoms with Crippen LogP contribution in [0.1, 0.15) is 20.3 Å². The van der Waals surface area contributed by atoms with Crippen molar-refractivity contribution in [2.24, 2.45) is 5.73 Å². The molecule has 14 nitrogen and oxygen atoms in total. The molecule has 2 saturated heterocycles. The normalized spacial score (nSPS) is 39.2. The summed E-state index contributed by atoms with van der Waals surface area (Å²) in [6, 6.07) is -2.37. The van der Waals surface area contributed by atoms with Gasteiger partial charge in [0.15, 0.2) is 12.6 Å². The summed E-state index contributed by atoms with van der Waals surface area (Å²) in [6.45, 7) is 1.63. The van der Waals surface area contributed by atoms with E-state index in [0.29, 0.717) is 13.0 Å². The molecule has 2 aliphatic rings. The maximum absolute atomic E-state index is 11.9. The minimum absolute atomic E-state index is 0.157. The number of nitrogens with two attached hydrogens (primary N) is 1. The number of rotatable bonds is 10. The molecule has 0 aromatic carbocycles. The van der Waals surface area contributed by atoms with Gasteiger partial charge in [0, 0.05) is 13.8 Å². The van der Waals surface area contributed by atoms with Crippen molar-refractivity contribution in [3.63, 3.8) is 0 Å². The fraction of sp³-hybridized carbons (Fsp3) is 0.895. The molecule has 2 rings (SSSR count). The number of nitrogens with one attached hydrogen (secondary N) is 2. The lowest BCUT2D eigenvalue weighted by molar-refractivity contribution is -0.328. The highest BCUT2D eigenvalue weighted by atomic mass is 16.7. The lowest BCUT2D eigenvalue weighted by Crippen LogP contribution is -2.69. The highest BCUT2D eigenvalue weighted by Crippen LogP contribution is 2.29. The molecule has 0 aliphatic carbocycles. The van der Waals surface area contributed by atoms with E-state index in [1.807, 2.05) is 0 Å². The van der Waals surface area contributed by atoms with E-state index in [-0.39, 0.29) is 6.61 Å². The predicted molar refractivity (Wildman–Crippen MR) is 109 cm³/mol. The van der Waals surface area contributed by atoms with Crippen LogP contribution in [0.3, 0.4) is 0 Å². The van der Waals surface area contributed by atoms with Crippen LogP contribution in [0, 0.1) is 0 Å². The largest absolute Gasteiger partial charge is 0.394 e. The SMILES string of the molecule is CC(=O)N[C@H]1[C@H](O[C@H]2[C@@H](O)[C@@H](CO)O[C@H](OCCCN)[C@@H]2NC(C)=O)O[C@H](CO)[C@@H](O)[C@@H]1O. The summed E-state index contributed by atoms with van der Waals surface area (Å²) in [5.41, 5.74) is 5.48. The van der Waals surface area contributed by atoms with E-state index in [1.165, 1.54) is 13.8 Å². The third kappa shape index (κ3) is 7.02. The van der Waals surface area contributed by atoms with Gasteiger partial charge in [-0.05, 0) is 13.0 Å². The van der Waals surface area contributed by atoms with Crippen LogP contribution >= 0.6 is 0 Å². The monoisotopic (exact) mass is 481 g/mol. The summed E-state index contributed by atoms with van der Waals surface area (Å²) < 4.78 is 22.7. The topological polar surface area (TPSA) is 222 Å². The summed E-state index contributed by atoms with van der Waals surface area (Å²) in [7, 11) is 0. The first kappa shape index (κ1) is 27.8. The Kier molecular flexibility index (Phi) is 10.8. The summed E-state index contributed by atoms with van der Waals surface area (Å²) in [5.74, 6) is -1.06. The molecule has 9 N–H and O–H groups in total. The van der Waals surface area contributed by atoms with Crippen molar-refractivity contribution in [2.75, 3.05) is 26.4 Å². The van der Waals surface area contributed by atoms with Crippen LogP contribution in [0.15, 0.2) is 0 Å². The van der Waals surface area contributed by atoms with Gasteiger partial charge in [-0.15, -0.1) is 0 Å². The van der Waals surface area contributed by atoms with Gasteiger partial charge in [-0.25, -0.2) is 0 Å². The molecular formula is C19H35N3O11. The van der Waals surface area contributed by atoms with Crippen LogP contribution in [0.2, 0.25) is 0 Å². The molecule has 192 valence electrons. The first-order valence-electron chi connectivity index (χ1n) is 10.7. The van der Waals surface area contributed by atoms with Crippen LogP contribution in [0.25, 0.3) is 0 Å². The Balaban J connectivity index is 2.34. The molecule has 0 bridgehead atoms. The fourth-order valence-electron chi connectivity index (χ4n) is 3.78. The van der Waals surface area contributed by atoms with Gasteiger partial charge in [-0.2, -0.15) is 0 Å². The van der Waals surface area contributed by atoms with Crippen molar-refractivity contribution < 1.29 is 54.1 Å². The highest BCUT2D eigenvalue weighted by molar-refractivity contribution is 5.73. The minimum Gasteiger partial charge on any atom is -0.394 e. The molecule has 0 aromatic heterocycles. The average Bonchev–Trinajstić information content (AvgIpc) is 2.76. The maximum atomic E-state index is 11.9. The van der Waals surface area contributed by atoms with E-state index >= 15 is 0 Å². The zero-order valence-corrected chi connectivity index (χ0v) is 18.6. The molecule has 0 aromatic rings. The van der Waals surface area contributed by atoms with Gasteiger partial charge >= 0.3 is 0 Å². The first-order chi connectivity index (χ1) is 15.6. The number of aliphatic hydroxyl groups is 5. The highest BCUT2D eigenvalue weighted by Gasteiger charge is 2.52. The molecule has 0 unspecified atom stereocenters. The number of carbonyl (C=O) groups excluding carboxylic acids is 2. The zero-order valence-electron chi connectivity index (χ0n) is 18.6. The number of amides is 2. The van der Waals surface area contributed by atoms with Gasteiger partial charge in [-0.1, -0.05) is 0 Å². The smallest absolute Gasteiger partial charge is 0.217 e. The fourth-order valence-corrected chi connectivity index (χ4v) is 3.78. The van der Waals surface area contributed by atoms with E-state index in [0.717, 1.165) is 0 Å². The lowest BCUT2D eigenvalue weighted by atomic mass is 9.94. The van der Waals surface area contributed by atoms with E-state index in [1.54, 1.807) is 0 Å². The summed E-state index contributed by atoms with van der Waals surface area (Å²) in [5, 5.41) is 55.7. The molecule has 0 radical (unpaired) electrons. The van der Waals surface area contributed by atoms with E-state index in [2.05, 4.69) is 10.6 Å². The van der Waals surface area contributed by atoms with E-state index < -0.39 is 86.3 Å². The van der Waals surface area contributed by atoms with Gasteiger partial charge in [0.25, 0.3) is 0 Å². The Bertz CT molecular complexity index is 642. The second kappa shape index (κ2) is 12.9. The molecule has 2 amide bonds. The second-order valence-corrected chi connectivity index (χ2v) is 7.99. The standard InChI is InChI=1S/C19H35N3O11/c1-8(25)21-12-16(29)14(27)10(6-23)32-19(12)33-17-13(22-9(2)26)18(30-5-3-4-20)31-11(7-24)15(17)28/h10-19,23-24,27-29H,3-7,20H2,1-2H3,(H,21,25)(H,22,26)/t10-,11-,12-,13-,14-,15+,16-,17-,18+,19+/m1/s1. The van der Waals surface area contributed by atoms with Crippen LogP contribution < -0.4 is 16.4 Å². The average molecular weight is 481 g/mol. The molecule has 0 spiro atoms. The van der Waals surface area contributed by atoms with E-state index in [4.69, 9.17) is 24.7 Å². The van der Waals surface area contributed by atoms with Crippen molar-refractivity contribution >= 4 is 11.8 Å². The summed E-state index contributed by atoms with van der Waals surface area (Å²) in [4.78, 5) is 23.5. The van der Waals surface area contributed by atoms with Gasteiger partial charge in [-0.3, -0.25) is 9.59 Å². The second-order valence-electron chi connectivity index (χ2n) is 7.99. The molecule has 2 heterocycles.